The fourth-order valence-corrected chi connectivity index (χ4v) is 3.81. The molecule has 2 aromatic carbocycles. The Morgan fingerprint density at radius 3 is 2.67 bits per heavy atom. The van der Waals surface area contributed by atoms with E-state index in [1.165, 1.54) is 0 Å². The second kappa shape index (κ2) is 8.52. The van der Waals surface area contributed by atoms with E-state index in [1.807, 2.05) is 43.3 Å². The number of rotatable bonds is 4. The monoisotopic (exact) mass is 414 g/mol. The number of allylic oxidation sites excluding steroid dienone is 2. The van der Waals surface area contributed by atoms with Crippen molar-refractivity contribution in [3.05, 3.63) is 87.3 Å². The number of thiocarbonyl (C=S) groups is 1. The molecule has 0 saturated carbocycles. The van der Waals surface area contributed by atoms with Gasteiger partial charge in [0.2, 0.25) is 0 Å². The Labute approximate surface area is 171 Å². The van der Waals surface area contributed by atoms with E-state index in [9.17, 15) is 9.59 Å². The van der Waals surface area contributed by atoms with Gasteiger partial charge in [-0.15, -0.1) is 0 Å². The Morgan fingerprint density at radius 1 is 1.22 bits per heavy atom. The standard InChI is InChI=1S/C20H15ClN2O2S2/c1-13-10-11-15(16(21)12-13)18(24)22-23-19(25)17(27-20(23)26)9-5-8-14-6-3-2-4-7-14/h2-12H,1H3,(H,22,24)/b8-5+,17-9-. The molecule has 1 aliphatic rings. The minimum Gasteiger partial charge on any atom is -0.267 e. The van der Waals surface area contributed by atoms with Crippen molar-refractivity contribution in [3.63, 3.8) is 0 Å². The van der Waals surface area contributed by atoms with Gasteiger partial charge in [-0.1, -0.05) is 71.9 Å². The lowest BCUT2D eigenvalue weighted by Crippen LogP contribution is -2.44. The van der Waals surface area contributed by atoms with Gasteiger partial charge < -0.3 is 0 Å². The number of aryl methyl sites for hydroxylation is 1. The van der Waals surface area contributed by atoms with Gasteiger partial charge >= 0.3 is 0 Å². The third kappa shape index (κ3) is 4.66. The average molecular weight is 415 g/mol. The first-order chi connectivity index (χ1) is 13.0. The van der Waals surface area contributed by atoms with Crippen LogP contribution < -0.4 is 5.43 Å². The second-order valence-electron chi connectivity index (χ2n) is 5.73. The number of benzene rings is 2. The van der Waals surface area contributed by atoms with E-state index >= 15 is 0 Å². The molecule has 1 aliphatic heterocycles. The van der Waals surface area contributed by atoms with Crippen LogP contribution >= 0.6 is 35.6 Å². The third-order valence-corrected chi connectivity index (χ3v) is 5.35. The van der Waals surface area contributed by atoms with Crippen LogP contribution in [0, 0.1) is 6.92 Å². The van der Waals surface area contributed by atoms with Crippen LogP contribution in [0.15, 0.2) is 65.6 Å². The van der Waals surface area contributed by atoms with Gasteiger partial charge in [0.15, 0.2) is 4.32 Å². The molecule has 1 fully saturated rings. The lowest BCUT2D eigenvalue weighted by Gasteiger charge is -2.16. The van der Waals surface area contributed by atoms with Crippen LogP contribution in [-0.4, -0.2) is 21.1 Å². The van der Waals surface area contributed by atoms with Crippen LogP contribution in [0.5, 0.6) is 0 Å². The molecule has 0 aromatic heterocycles. The number of amides is 2. The molecule has 27 heavy (non-hydrogen) atoms. The van der Waals surface area contributed by atoms with Gasteiger partial charge in [0.25, 0.3) is 11.8 Å². The lowest BCUT2D eigenvalue weighted by molar-refractivity contribution is -0.123. The maximum absolute atomic E-state index is 12.5. The van der Waals surface area contributed by atoms with E-state index in [4.69, 9.17) is 23.8 Å². The van der Waals surface area contributed by atoms with Crippen molar-refractivity contribution >= 4 is 57.8 Å². The molecular formula is C20H15ClN2O2S2. The Balaban J connectivity index is 1.71. The molecule has 1 saturated heterocycles. The normalized spacial score (nSPS) is 15.8. The molecule has 4 nitrogen and oxygen atoms in total. The van der Waals surface area contributed by atoms with E-state index in [1.54, 1.807) is 30.4 Å². The van der Waals surface area contributed by atoms with Gasteiger partial charge in [0.05, 0.1) is 15.5 Å². The summed E-state index contributed by atoms with van der Waals surface area (Å²) in [5.74, 6) is -0.864. The molecule has 1 N–H and O–H groups in total. The van der Waals surface area contributed by atoms with Crippen LogP contribution in [0.2, 0.25) is 5.02 Å². The molecule has 7 heteroatoms. The predicted octanol–water partition coefficient (Wildman–Crippen LogP) is 4.75. The summed E-state index contributed by atoms with van der Waals surface area (Å²) in [6.45, 7) is 1.88. The maximum atomic E-state index is 12.5. The summed E-state index contributed by atoms with van der Waals surface area (Å²) in [5.41, 5.74) is 4.77. The van der Waals surface area contributed by atoms with Crippen molar-refractivity contribution in [1.82, 2.24) is 10.4 Å². The van der Waals surface area contributed by atoms with Gasteiger partial charge in [-0.05, 0) is 48.5 Å². The molecule has 0 radical (unpaired) electrons. The first kappa shape index (κ1) is 19.4. The third-order valence-electron chi connectivity index (χ3n) is 3.71. The number of hydrogen-bond acceptors (Lipinski definition) is 4. The summed E-state index contributed by atoms with van der Waals surface area (Å²) in [4.78, 5) is 25.4. The van der Waals surface area contributed by atoms with Crippen molar-refractivity contribution in [2.24, 2.45) is 0 Å². The number of hydrazine groups is 1. The summed E-state index contributed by atoms with van der Waals surface area (Å²) >= 11 is 12.5. The molecule has 0 aliphatic carbocycles. The molecule has 0 unspecified atom stereocenters. The smallest absolute Gasteiger partial charge is 0.267 e. The summed E-state index contributed by atoms with van der Waals surface area (Å²) < 4.78 is 0.260. The van der Waals surface area contributed by atoms with Gasteiger partial charge in [-0.2, -0.15) is 5.01 Å². The number of thioether (sulfide) groups is 1. The van der Waals surface area contributed by atoms with Crippen LogP contribution in [0.3, 0.4) is 0 Å². The van der Waals surface area contributed by atoms with E-state index in [-0.39, 0.29) is 15.8 Å². The molecule has 0 atom stereocenters. The topological polar surface area (TPSA) is 49.4 Å². The zero-order chi connectivity index (χ0) is 19.4. The van der Waals surface area contributed by atoms with Crippen molar-refractivity contribution in [2.75, 3.05) is 0 Å². The highest BCUT2D eigenvalue weighted by molar-refractivity contribution is 8.26. The van der Waals surface area contributed by atoms with Crippen LogP contribution in [0.25, 0.3) is 6.08 Å². The highest BCUT2D eigenvalue weighted by Crippen LogP contribution is 2.30. The van der Waals surface area contributed by atoms with Crippen LogP contribution in [-0.2, 0) is 4.79 Å². The predicted molar refractivity (Wildman–Crippen MR) is 114 cm³/mol. The van der Waals surface area contributed by atoms with Crippen LogP contribution in [0.1, 0.15) is 21.5 Å². The Bertz CT molecular complexity index is 971. The van der Waals surface area contributed by atoms with Crippen LogP contribution in [0.4, 0.5) is 0 Å². The number of halogens is 1. The van der Waals surface area contributed by atoms with E-state index in [2.05, 4.69) is 5.43 Å². The molecule has 0 spiro atoms. The maximum Gasteiger partial charge on any atom is 0.285 e. The Kier molecular flexibility index (Phi) is 6.11. The van der Waals surface area contributed by atoms with Crippen molar-refractivity contribution in [2.45, 2.75) is 6.92 Å². The van der Waals surface area contributed by atoms with Gasteiger partial charge in [0, 0.05) is 0 Å². The summed E-state index contributed by atoms with van der Waals surface area (Å²) in [6.07, 6.45) is 5.34. The highest BCUT2D eigenvalue weighted by Gasteiger charge is 2.33. The lowest BCUT2D eigenvalue weighted by atomic mass is 10.1. The Morgan fingerprint density at radius 2 is 1.96 bits per heavy atom. The first-order valence-corrected chi connectivity index (χ1v) is 9.63. The van der Waals surface area contributed by atoms with Gasteiger partial charge in [-0.3, -0.25) is 15.0 Å². The summed E-state index contributed by atoms with van der Waals surface area (Å²) in [5, 5.41) is 1.39. The van der Waals surface area contributed by atoms with Crippen molar-refractivity contribution in [3.8, 4) is 0 Å². The minimum atomic E-state index is -0.489. The molecule has 2 aromatic rings. The summed E-state index contributed by atoms with van der Waals surface area (Å²) in [6, 6.07) is 14.8. The van der Waals surface area contributed by atoms with E-state index in [0.29, 0.717) is 9.93 Å². The Hall–Kier alpha value is -2.41. The molecule has 136 valence electrons. The van der Waals surface area contributed by atoms with Crippen molar-refractivity contribution < 1.29 is 9.59 Å². The molecule has 0 bridgehead atoms. The molecule has 3 rings (SSSR count). The zero-order valence-electron chi connectivity index (χ0n) is 14.3. The first-order valence-electron chi connectivity index (χ1n) is 8.02. The fraction of sp³-hybridized carbons (Fsp3) is 0.0500. The van der Waals surface area contributed by atoms with E-state index in [0.717, 1.165) is 27.9 Å². The van der Waals surface area contributed by atoms with E-state index < -0.39 is 5.91 Å². The van der Waals surface area contributed by atoms with Gasteiger partial charge in [-0.25, -0.2) is 0 Å². The molecule has 1 heterocycles. The second-order valence-corrected chi connectivity index (χ2v) is 7.82. The zero-order valence-corrected chi connectivity index (χ0v) is 16.7. The number of carbonyl (C=O) groups is 2. The number of nitrogens with zero attached hydrogens (tertiary/aromatic N) is 1. The number of nitrogens with one attached hydrogen (secondary N) is 1. The summed E-state index contributed by atoms with van der Waals surface area (Å²) in [7, 11) is 0. The average Bonchev–Trinajstić information content (AvgIpc) is 2.90. The SMILES string of the molecule is Cc1ccc(C(=O)NN2C(=O)/C(=C/C=C/c3ccccc3)SC2=S)c(Cl)c1. The minimum absolute atomic E-state index is 0.260. The van der Waals surface area contributed by atoms with Gasteiger partial charge in [0.1, 0.15) is 0 Å². The highest BCUT2D eigenvalue weighted by atomic mass is 35.5. The number of hydrogen-bond donors (Lipinski definition) is 1. The quantitative estimate of drug-likeness (QED) is 0.579. The molecular weight excluding hydrogens is 400 g/mol. The number of carbonyl (C=O) groups excluding carboxylic acids is 2. The van der Waals surface area contributed by atoms with Crippen molar-refractivity contribution in [1.29, 1.82) is 0 Å². The molecule has 2 amide bonds. The fourth-order valence-electron chi connectivity index (χ4n) is 2.36. The largest absolute Gasteiger partial charge is 0.285 e.